The second-order valence-electron chi connectivity index (χ2n) is 4.05. The van der Waals surface area contributed by atoms with Gasteiger partial charge in [0.2, 0.25) is 5.89 Å². The lowest BCUT2D eigenvalue weighted by molar-refractivity contribution is 0.343. The number of likely N-dealkylation sites (N-methyl/N-ethyl adjacent to an activating group) is 1. The van der Waals surface area contributed by atoms with Crippen LogP contribution < -0.4 is 5.32 Å². The van der Waals surface area contributed by atoms with Crippen molar-refractivity contribution >= 4 is 0 Å². The van der Waals surface area contributed by atoms with Gasteiger partial charge in [-0.1, -0.05) is 19.0 Å². The van der Waals surface area contributed by atoms with Gasteiger partial charge >= 0.3 is 0 Å². The van der Waals surface area contributed by atoms with Crippen LogP contribution in [0.15, 0.2) is 4.52 Å². The molecule has 4 heteroatoms. The Labute approximate surface area is 85.1 Å². The molecular formula is C10H19N3O. The molecule has 0 bridgehead atoms. The van der Waals surface area contributed by atoms with E-state index in [9.17, 15) is 0 Å². The van der Waals surface area contributed by atoms with Crippen molar-refractivity contribution in [2.24, 2.45) is 5.92 Å². The monoisotopic (exact) mass is 197 g/mol. The van der Waals surface area contributed by atoms with Gasteiger partial charge in [0.15, 0.2) is 5.82 Å². The van der Waals surface area contributed by atoms with Gasteiger partial charge in [-0.25, -0.2) is 0 Å². The maximum atomic E-state index is 5.08. The highest BCUT2D eigenvalue weighted by Gasteiger charge is 2.13. The van der Waals surface area contributed by atoms with Crippen LogP contribution in [0.3, 0.4) is 0 Å². The van der Waals surface area contributed by atoms with Gasteiger partial charge in [-0.15, -0.1) is 0 Å². The third-order valence-corrected chi connectivity index (χ3v) is 2.15. The molecule has 1 rings (SSSR count). The molecule has 4 nitrogen and oxygen atoms in total. The Morgan fingerprint density at radius 2 is 2.14 bits per heavy atom. The fraction of sp³-hybridized carbons (Fsp3) is 0.800. The van der Waals surface area contributed by atoms with Crippen molar-refractivity contribution in [3.63, 3.8) is 0 Å². The van der Waals surface area contributed by atoms with Crippen LogP contribution in [0, 0.1) is 12.8 Å². The molecular weight excluding hydrogens is 178 g/mol. The van der Waals surface area contributed by atoms with Gasteiger partial charge in [-0.05, 0) is 26.3 Å². The first-order chi connectivity index (χ1) is 6.61. The molecule has 1 unspecified atom stereocenters. The predicted octanol–water partition coefficient (Wildman–Crippen LogP) is 1.55. The van der Waals surface area contributed by atoms with Gasteiger partial charge in [-0.3, -0.25) is 0 Å². The van der Waals surface area contributed by atoms with E-state index in [0.717, 1.165) is 18.7 Å². The zero-order valence-electron chi connectivity index (χ0n) is 9.37. The van der Waals surface area contributed by atoms with Crippen LogP contribution in [0.5, 0.6) is 0 Å². The van der Waals surface area contributed by atoms with Gasteiger partial charge in [0.25, 0.3) is 0 Å². The summed E-state index contributed by atoms with van der Waals surface area (Å²) in [4.78, 5) is 4.19. The Kier molecular flexibility index (Phi) is 4.07. The summed E-state index contributed by atoms with van der Waals surface area (Å²) in [6.45, 7) is 6.26. The number of nitrogens with one attached hydrogen (secondary N) is 1. The minimum atomic E-state index is 0.426. The molecule has 0 saturated heterocycles. The second kappa shape index (κ2) is 5.10. The topological polar surface area (TPSA) is 51.0 Å². The van der Waals surface area contributed by atoms with Crippen molar-refractivity contribution in [3.8, 4) is 0 Å². The predicted molar refractivity (Wildman–Crippen MR) is 55.0 cm³/mol. The van der Waals surface area contributed by atoms with Crippen LogP contribution in [0.25, 0.3) is 0 Å². The highest BCUT2D eigenvalue weighted by Crippen LogP contribution is 2.09. The van der Waals surface area contributed by atoms with Crippen LogP contribution in [0.2, 0.25) is 0 Å². The second-order valence-corrected chi connectivity index (χ2v) is 4.05. The van der Waals surface area contributed by atoms with Crippen LogP contribution in [-0.4, -0.2) is 23.2 Å². The maximum absolute atomic E-state index is 5.08. The quantitative estimate of drug-likeness (QED) is 0.778. The van der Waals surface area contributed by atoms with Crippen molar-refractivity contribution in [2.45, 2.75) is 39.7 Å². The summed E-state index contributed by atoms with van der Waals surface area (Å²) in [6.07, 6.45) is 1.94. The minimum absolute atomic E-state index is 0.426. The van der Waals surface area contributed by atoms with E-state index < -0.39 is 0 Å². The SMILES string of the molecule is CNC(Cc1nc(C)no1)CC(C)C. The van der Waals surface area contributed by atoms with E-state index in [1.54, 1.807) is 0 Å². The molecule has 0 aliphatic rings. The van der Waals surface area contributed by atoms with Gasteiger partial charge in [-0.2, -0.15) is 4.98 Å². The third kappa shape index (κ3) is 3.46. The first-order valence-electron chi connectivity index (χ1n) is 5.08. The van der Waals surface area contributed by atoms with Crippen LogP contribution in [0.4, 0.5) is 0 Å². The molecule has 0 aliphatic carbocycles. The summed E-state index contributed by atoms with van der Waals surface area (Å²) >= 11 is 0. The van der Waals surface area contributed by atoms with E-state index in [1.165, 1.54) is 0 Å². The Morgan fingerprint density at radius 3 is 2.57 bits per heavy atom. The van der Waals surface area contributed by atoms with E-state index >= 15 is 0 Å². The minimum Gasteiger partial charge on any atom is -0.339 e. The first-order valence-corrected chi connectivity index (χ1v) is 5.08. The Bertz CT molecular complexity index is 270. The number of hydrogen-bond acceptors (Lipinski definition) is 4. The number of aromatic nitrogens is 2. The molecule has 0 radical (unpaired) electrons. The average Bonchev–Trinajstić information content (AvgIpc) is 2.49. The summed E-state index contributed by atoms with van der Waals surface area (Å²) in [6, 6.07) is 0.426. The largest absolute Gasteiger partial charge is 0.339 e. The van der Waals surface area contributed by atoms with E-state index in [1.807, 2.05) is 14.0 Å². The fourth-order valence-corrected chi connectivity index (χ4v) is 1.51. The number of nitrogens with zero attached hydrogens (tertiary/aromatic N) is 2. The molecule has 1 aromatic rings. The molecule has 0 aromatic carbocycles. The van der Waals surface area contributed by atoms with E-state index in [4.69, 9.17) is 4.52 Å². The molecule has 14 heavy (non-hydrogen) atoms. The van der Waals surface area contributed by atoms with Crippen LogP contribution in [0.1, 0.15) is 32.0 Å². The van der Waals surface area contributed by atoms with E-state index in [2.05, 4.69) is 29.3 Å². The highest BCUT2D eigenvalue weighted by atomic mass is 16.5. The molecule has 0 fully saturated rings. The lowest BCUT2D eigenvalue weighted by Gasteiger charge is -2.15. The number of hydrogen-bond donors (Lipinski definition) is 1. The van der Waals surface area contributed by atoms with Crippen molar-refractivity contribution in [3.05, 3.63) is 11.7 Å². The lowest BCUT2D eigenvalue weighted by atomic mass is 10.0. The Morgan fingerprint density at radius 1 is 1.43 bits per heavy atom. The fourth-order valence-electron chi connectivity index (χ4n) is 1.51. The normalized spacial score (nSPS) is 13.5. The summed E-state index contributed by atoms with van der Waals surface area (Å²) in [5.41, 5.74) is 0. The molecule has 1 atom stereocenters. The van der Waals surface area contributed by atoms with E-state index in [0.29, 0.717) is 17.8 Å². The van der Waals surface area contributed by atoms with Crippen molar-refractivity contribution in [2.75, 3.05) is 7.05 Å². The number of rotatable bonds is 5. The van der Waals surface area contributed by atoms with Crippen LogP contribution >= 0.6 is 0 Å². The van der Waals surface area contributed by atoms with Gasteiger partial charge in [0.1, 0.15) is 0 Å². The van der Waals surface area contributed by atoms with Gasteiger partial charge < -0.3 is 9.84 Å². The lowest BCUT2D eigenvalue weighted by Crippen LogP contribution is -2.29. The van der Waals surface area contributed by atoms with Gasteiger partial charge in [0.05, 0.1) is 0 Å². The number of aryl methyl sites for hydroxylation is 1. The Balaban J connectivity index is 2.48. The van der Waals surface area contributed by atoms with E-state index in [-0.39, 0.29) is 0 Å². The molecule has 1 aromatic heterocycles. The molecule has 0 spiro atoms. The van der Waals surface area contributed by atoms with Crippen molar-refractivity contribution < 1.29 is 4.52 Å². The van der Waals surface area contributed by atoms with Crippen molar-refractivity contribution in [1.82, 2.24) is 15.5 Å². The molecule has 80 valence electrons. The standard InChI is InChI=1S/C10H19N3O/c1-7(2)5-9(11-4)6-10-12-8(3)13-14-10/h7,9,11H,5-6H2,1-4H3. The first kappa shape index (κ1) is 11.2. The average molecular weight is 197 g/mol. The Hall–Kier alpha value is -0.900. The zero-order valence-corrected chi connectivity index (χ0v) is 9.37. The zero-order chi connectivity index (χ0) is 10.6. The molecule has 1 N–H and O–H groups in total. The summed E-state index contributed by atoms with van der Waals surface area (Å²) in [5.74, 6) is 2.11. The molecule has 0 saturated carbocycles. The smallest absolute Gasteiger partial charge is 0.228 e. The summed E-state index contributed by atoms with van der Waals surface area (Å²) < 4.78 is 5.08. The van der Waals surface area contributed by atoms with Crippen molar-refractivity contribution in [1.29, 1.82) is 0 Å². The molecule has 0 aliphatic heterocycles. The van der Waals surface area contributed by atoms with Crippen LogP contribution in [-0.2, 0) is 6.42 Å². The molecule has 1 heterocycles. The van der Waals surface area contributed by atoms with Gasteiger partial charge in [0, 0.05) is 12.5 Å². The maximum Gasteiger partial charge on any atom is 0.228 e. The highest BCUT2D eigenvalue weighted by molar-refractivity contribution is 4.87. The summed E-state index contributed by atoms with van der Waals surface area (Å²) in [5, 5.41) is 7.03. The summed E-state index contributed by atoms with van der Waals surface area (Å²) in [7, 11) is 1.97. The molecule has 0 amide bonds. The third-order valence-electron chi connectivity index (χ3n) is 2.15.